The summed E-state index contributed by atoms with van der Waals surface area (Å²) in [5.74, 6) is 0. The van der Waals surface area contributed by atoms with Crippen LogP contribution in [0.15, 0.2) is 0 Å². The molecule has 0 aliphatic rings. The number of hydrogen-bond acceptors (Lipinski definition) is 4. The largest absolute Gasteiger partial charge is 0.466 e. The van der Waals surface area contributed by atoms with Crippen molar-refractivity contribution in [3.8, 4) is 0 Å². The fraction of sp³-hybridized carbons (Fsp3) is 1.00. The molecule has 0 spiro atoms. The van der Waals surface area contributed by atoms with Crippen molar-refractivity contribution in [2.45, 2.75) is 213 Å². The maximum absolute atomic E-state index is 8.88. The monoisotopic (exact) mass is 696 g/mol. The molecule has 0 bridgehead atoms. The zero-order valence-corrected chi connectivity index (χ0v) is 33.9. The highest BCUT2D eigenvalue weighted by Gasteiger charge is 2.00. The predicted molar refractivity (Wildman–Crippen MR) is 212 cm³/mol. The molecule has 0 saturated carbocycles. The van der Waals surface area contributed by atoms with Crippen LogP contribution < -0.4 is 16.0 Å². The smallest absolute Gasteiger partial charge is 0.320 e. The van der Waals surface area contributed by atoms with E-state index in [1.807, 2.05) is 21.1 Å². The zero-order chi connectivity index (χ0) is 36.0. The molecule has 0 heterocycles. The third-order valence-electron chi connectivity index (χ3n) is 8.34. The Labute approximate surface area is 296 Å². The highest BCUT2D eigenvalue weighted by Crippen LogP contribution is 2.25. The van der Waals surface area contributed by atoms with Crippen molar-refractivity contribution in [3.05, 3.63) is 0 Å². The predicted octanol–water partition coefficient (Wildman–Crippen LogP) is 11.5. The van der Waals surface area contributed by atoms with Crippen molar-refractivity contribution in [2.75, 3.05) is 40.8 Å². The minimum Gasteiger partial charge on any atom is -0.320 e. The summed E-state index contributed by atoms with van der Waals surface area (Å²) in [5, 5.41) is 9.58. The van der Waals surface area contributed by atoms with Crippen LogP contribution in [0.1, 0.15) is 213 Å². The summed E-state index contributed by atoms with van der Waals surface area (Å²) in [6.45, 7) is 10.4. The first-order valence-corrected chi connectivity index (χ1v) is 22.0. The van der Waals surface area contributed by atoms with Gasteiger partial charge < -0.3 is 30.6 Å². The van der Waals surface area contributed by atoms with Crippen molar-refractivity contribution in [3.63, 3.8) is 0 Å². The van der Waals surface area contributed by atoms with Crippen molar-refractivity contribution in [1.29, 1.82) is 0 Å². The summed E-state index contributed by atoms with van der Waals surface area (Å²) in [7, 11) is 1.47. The molecule has 0 aliphatic heterocycles. The van der Waals surface area contributed by atoms with E-state index in [9.17, 15) is 0 Å². The van der Waals surface area contributed by atoms with Gasteiger partial charge in [0, 0.05) is 0 Å². The normalized spacial score (nSPS) is 10.8. The Kier molecular flexibility index (Phi) is 60.4. The van der Waals surface area contributed by atoms with E-state index in [4.69, 9.17) is 19.2 Å². The van der Waals surface area contributed by atoms with Gasteiger partial charge in [-0.3, -0.25) is 0 Å². The van der Waals surface area contributed by atoms with E-state index in [1.54, 1.807) is 0 Å². The molecule has 0 atom stereocenters. The van der Waals surface area contributed by atoms with Gasteiger partial charge in [-0.1, -0.05) is 194 Å². The molecule has 0 unspecified atom stereocenters. The van der Waals surface area contributed by atoms with Crippen LogP contribution in [0.3, 0.4) is 0 Å². The molecule has 290 valence electrons. The van der Waals surface area contributed by atoms with Crippen LogP contribution >= 0.6 is 7.82 Å². The Morgan fingerprint density at radius 3 is 0.574 bits per heavy atom. The van der Waals surface area contributed by atoms with Crippen LogP contribution in [0.5, 0.6) is 0 Å². The Balaban J connectivity index is -0.000000275. The van der Waals surface area contributed by atoms with Crippen LogP contribution in [-0.4, -0.2) is 55.5 Å². The molecule has 47 heavy (non-hydrogen) atoms. The Bertz CT molecular complexity index is 437. The molecule has 0 aliphatic carbocycles. The van der Waals surface area contributed by atoms with E-state index in [1.165, 1.54) is 212 Å². The number of unbranched alkanes of at least 4 members (excludes halogenated alkanes) is 27. The van der Waals surface area contributed by atoms with Crippen LogP contribution in [-0.2, 0) is 4.57 Å². The SMILES string of the molecule is CCCCCCCCCCCCNC.CCCCCCCCCCCCNC.CCCCCCCCCCCCNC.O=P(O)(O)O. The molecule has 0 amide bonds. The van der Waals surface area contributed by atoms with Crippen LogP contribution in [0.4, 0.5) is 0 Å². The fourth-order valence-corrected chi connectivity index (χ4v) is 5.37. The van der Waals surface area contributed by atoms with Crippen molar-refractivity contribution in [1.82, 2.24) is 16.0 Å². The second-order valence-corrected chi connectivity index (χ2v) is 14.4. The van der Waals surface area contributed by atoms with Gasteiger partial charge in [0.05, 0.1) is 0 Å². The standard InChI is InChI=1S/3C13H29N.H3O4P/c3*1-3-4-5-6-7-8-9-10-11-12-13-14-2;1-5(2,3)4/h3*14H,3-13H2,1-2H3;(H3,1,2,3,4). The molecule has 0 radical (unpaired) electrons. The summed E-state index contributed by atoms with van der Waals surface area (Å²) in [5.41, 5.74) is 0. The van der Waals surface area contributed by atoms with Gasteiger partial charge in [-0.05, 0) is 60.0 Å². The summed E-state index contributed by atoms with van der Waals surface area (Å²) in [6.07, 6.45) is 42.9. The topological polar surface area (TPSA) is 114 Å². The lowest BCUT2D eigenvalue weighted by molar-refractivity contribution is 0.275. The average molecular weight is 696 g/mol. The lowest BCUT2D eigenvalue weighted by Gasteiger charge is -2.01. The third kappa shape index (κ3) is 81.8. The molecule has 8 heteroatoms. The van der Waals surface area contributed by atoms with Gasteiger partial charge in [-0.2, -0.15) is 0 Å². The number of hydrogen-bond donors (Lipinski definition) is 6. The zero-order valence-electron chi connectivity index (χ0n) is 33.0. The van der Waals surface area contributed by atoms with Gasteiger partial charge >= 0.3 is 7.82 Å². The molecular weight excluding hydrogens is 605 g/mol. The molecule has 0 saturated heterocycles. The first kappa shape index (κ1) is 53.8. The summed E-state index contributed by atoms with van der Waals surface area (Å²) in [6, 6.07) is 0. The average Bonchev–Trinajstić information content (AvgIpc) is 3.04. The van der Waals surface area contributed by atoms with E-state index in [0.29, 0.717) is 0 Å². The fourth-order valence-electron chi connectivity index (χ4n) is 5.37. The van der Waals surface area contributed by atoms with E-state index in [-0.39, 0.29) is 0 Å². The van der Waals surface area contributed by atoms with Crippen LogP contribution in [0, 0.1) is 0 Å². The molecule has 7 nitrogen and oxygen atoms in total. The Hall–Kier alpha value is -0.0100. The first-order chi connectivity index (χ1) is 22.7. The van der Waals surface area contributed by atoms with E-state index in [0.717, 1.165) is 0 Å². The highest BCUT2D eigenvalue weighted by molar-refractivity contribution is 7.45. The molecule has 6 N–H and O–H groups in total. The first-order valence-electron chi connectivity index (χ1n) is 20.5. The number of nitrogens with one attached hydrogen (secondary N) is 3. The quantitative estimate of drug-likeness (QED) is 0.0299. The second kappa shape index (κ2) is 52.8. The van der Waals surface area contributed by atoms with Crippen molar-refractivity contribution in [2.24, 2.45) is 0 Å². The summed E-state index contributed by atoms with van der Waals surface area (Å²) in [4.78, 5) is 21.6. The minimum absolute atomic E-state index is 1.19. The van der Waals surface area contributed by atoms with E-state index < -0.39 is 7.82 Å². The molecule has 0 aromatic rings. The lowest BCUT2D eigenvalue weighted by atomic mass is 10.1. The van der Waals surface area contributed by atoms with Crippen LogP contribution in [0.25, 0.3) is 0 Å². The van der Waals surface area contributed by atoms with E-state index >= 15 is 0 Å². The molecule has 0 aromatic heterocycles. The van der Waals surface area contributed by atoms with Gasteiger partial charge in [0.1, 0.15) is 0 Å². The van der Waals surface area contributed by atoms with Gasteiger partial charge in [0.15, 0.2) is 0 Å². The molecular formula is C39H90N3O4P. The number of rotatable bonds is 33. The highest BCUT2D eigenvalue weighted by atomic mass is 31.2. The van der Waals surface area contributed by atoms with Crippen molar-refractivity contribution >= 4 is 7.82 Å². The third-order valence-corrected chi connectivity index (χ3v) is 8.34. The maximum Gasteiger partial charge on any atom is 0.466 e. The molecule has 0 fully saturated rings. The van der Waals surface area contributed by atoms with Gasteiger partial charge in [-0.15, -0.1) is 0 Å². The number of phosphoric acid groups is 1. The lowest BCUT2D eigenvalue weighted by Crippen LogP contribution is -2.06. The minimum atomic E-state index is -4.64. The Morgan fingerprint density at radius 2 is 0.447 bits per heavy atom. The van der Waals surface area contributed by atoms with Gasteiger partial charge in [0.2, 0.25) is 0 Å². The van der Waals surface area contributed by atoms with E-state index in [2.05, 4.69) is 36.7 Å². The Morgan fingerprint density at radius 1 is 0.319 bits per heavy atom. The maximum atomic E-state index is 8.88. The van der Waals surface area contributed by atoms with Crippen LogP contribution in [0.2, 0.25) is 0 Å². The summed E-state index contributed by atoms with van der Waals surface area (Å²) >= 11 is 0. The molecule has 0 rings (SSSR count). The van der Waals surface area contributed by atoms with Gasteiger partial charge in [-0.25, -0.2) is 4.57 Å². The van der Waals surface area contributed by atoms with Crippen molar-refractivity contribution < 1.29 is 19.2 Å². The second-order valence-electron chi connectivity index (χ2n) is 13.4. The summed E-state index contributed by atoms with van der Waals surface area (Å²) < 4.78 is 8.88. The molecule has 0 aromatic carbocycles. The van der Waals surface area contributed by atoms with Gasteiger partial charge in [0.25, 0.3) is 0 Å².